The van der Waals surface area contributed by atoms with Crippen molar-refractivity contribution in [1.29, 1.82) is 0 Å². The van der Waals surface area contributed by atoms with Crippen molar-refractivity contribution in [3.8, 4) is 5.75 Å². The Morgan fingerprint density at radius 1 is 1.03 bits per heavy atom. The lowest BCUT2D eigenvalue weighted by atomic mass is 10.2. The number of phenols is 1. The second kappa shape index (κ2) is 9.43. The molecule has 0 bridgehead atoms. The fraction of sp³-hybridized carbons (Fsp3) is 0.182. The van der Waals surface area contributed by atoms with Crippen LogP contribution in [0.2, 0.25) is 0 Å². The van der Waals surface area contributed by atoms with Crippen LogP contribution in [-0.2, 0) is 10.0 Å². The highest BCUT2D eigenvalue weighted by Crippen LogP contribution is 2.24. The van der Waals surface area contributed by atoms with Gasteiger partial charge in [-0.05, 0) is 35.9 Å². The van der Waals surface area contributed by atoms with Crippen LogP contribution in [0.15, 0.2) is 59.8 Å². The largest absolute Gasteiger partial charge is 0.508 e. The van der Waals surface area contributed by atoms with Gasteiger partial charge < -0.3 is 15.7 Å². The van der Waals surface area contributed by atoms with Gasteiger partial charge in [0.2, 0.25) is 16.0 Å². The maximum absolute atomic E-state index is 14.6. The first-order chi connectivity index (χ1) is 15.4. The third kappa shape index (κ3) is 5.10. The van der Waals surface area contributed by atoms with Crippen molar-refractivity contribution in [2.75, 3.05) is 31.5 Å². The van der Waals surface area contributed by atoms with Crippen LogP contribution in [0.5, 0.6) is 5.75 Å². The Morgan fingerprint density at radius 2 is 1.75 bits per heavy atom. The lowest BCUT2D eigenvalue weighted by Gasteiger charge is -2.26. The van der Waals surface area contributed by atoms with Gasteiger partial charge in [-0.25, -0.2) is 22.8 Å². The van der Waals surface area contributed by atoms with Crippen LogP contribution in [0.25, 0.3) is 12.2 Å². The summed E-state index contributed by atoms with van der Waals surface area (Å²) in [6.45, 7) is 1.69. The number of aromatic hydroxyl groups is 1. The summed E-state index contributed by atoms with van der Waals surface area (Å²) in [5, 5.41) is 15.4. The first-order valence-corrected chi connectivity index (χ1v) is 11.4. The average Bonchev–Trinajstić information content (AvgIpc) is 2.79. The molecular formula is C22H22FN5O3S. The Bertz CT molecular complexity index is 1230. The summed E-state index contributed by atoms with van der Waals surface area (Å²) in [5.74, 6) is -0.405. The van der Waals surface area contributed by atoms with Crippen molar-refractivity contribution in [3.63, 3.8) is 0 Å². The Hall–Kier alpha value is -3.34. The topological polar surface area (TPSA) is 107 Å². The summed E-state index contributed by atoms with van der Waals surface area (Å²) in [5.41, 5.74) is 1.91. The fourth-order valence-corrected chi connectivity index (χ4v) is 4.74. The van der Waals surface area contributed by atoms with Gasteiger partial charge >= 0.3 is 0 Å². The van der Waals surface area contributed by atoms with Crippen molar-refractivity contribution < 1.29 is 17.9 Å². The molecule has 1 aliphatic rings. The molecule has 0 spiro atoms. The molecule has 2 heterocycles. The highest BCUT2D eigenvalue weighted by molar-refractivity contribution is 7.89. The number of rotatable bonds is 6. The normalized spacial score (nSPS) is 15.2. The Kier molecular flexibility index (Phi) is 6.45. The highest BCUT2D eigenvalue weighted by Gasteiger charge is 2.28. The number of hydrogen-bond donors (Lipinski definition) is 3. The number of piperazine rings is 1. The summed E-state index contributed by atoms with van der Waals surface area (Å²) in [4.78, 5) is 8.05. The summed E-state index contributed by atoms with van der Waals surface area (Å²) in [7, 11) is -3.88. The monoisotopic (exact) mass is 455 g/mol. The predicted molar refractivity (Wildman–Crippen MR) is 120 cm³/mol. The zero-order valence-electron chi connectivity index (χ0n) is 17.1. The van der Waals surface area contributed by atoms with E-state index in [1.807, 2.05) is 12.1 Å². The van der Waals surface area contributed by atoms with Gasteiger partial charge in [-0.15, -0.1) is 0 Å². The van der Waals surface area contributed by atoms with Gasteiger partial charge in [-0.1, -0.05) is 24.3 Å². The Labute approximate surface area is 185 Å². The van der Waals surface area contributed by atoms with Crippen LogP contribution < -0.4 is 10.6 Å². The molecule has 4 rings (SSSR count). The molecule has 1 saturated heterocycles. The van der Waals surface area contributed by atoms with Crippen molar-refractivity contribution in [3.05, 3.63) is 71.8 Å². The van der Waals surface area contributed by atoms with Crippen LogP contribution in [0, 0.1) is 5.82 Å². The number of nitrogens with zero attached hydrogens (tertiary/aromatic N) is 3. The van der Waals surface area contributed by atoms with E-state index in [9.17, 15) is 17.9 Å². The highest BCUT2D eigenvalue weighted by atomic mass is 32.2. The van der Waals surface area contributed by atoms with E-state index >= 15 is 0 Å². The van der Waals surface area contributed by atoms with Crippen molar-refractivity contribution >= 4 is 33.8 Å². The second-order valence-electron chi connectivity index (χ2n) is 7.19. The molecule has 0 saturated carbocycles. The van der Waals surface area contributed by atoms with Crippen molar-refractivity contribution in [2.24, 2.45) is 0 Å². The van der Waals surface area contributed by atoms with E-state index in [1.54, 1.807) is 36.7 Å². The predicted octanol–water partition coefficient (Wildman–Crippen LogP) is 2.83. The summed E-state index contributed by atoms with van der Waals surface area (Å²) < 4.78 is 41.3. The maximum Gasteiger partial charge on any atom is 0.246 e. The standard InChI is InChI=1S/C22H22FN5O3S/c23-20-13-18(6-7-21(20)32(30,31)28-10-8-24-9-11-28)27-22-25-14-17(15-26-22)5-4-16-2-1-3-19(29)12-16/h1-7,12-15,24,29H,8-11H2,(H,25,26,27)/b5-4+. The zero-order chi connectivity index (χ0) is 22.6. The van der Waals surface area contributed by atoms with E-state index in [2.05, 4.69) is 20.6 Å². The summed E-state index contributed by atoms with van der Waals surface area (Å²) in [6.07, 6.45) is 6.80. The Balaban J connectivity index is 1.44. The molecule has 1 aromatic heterocycles. The fourth-order valence-electron chi connectivity index (χ4n) is 3.25. The SMILES string of the molecule is O=S(=O)(c1ccc(Nc2ncc(/C=C/c3cccc(O)c3)cn2)cc1F)N1CCNCC1. The molecule has 0 amide bonds. The lowest BCUT2D eigenvalue weighted by molar-refractivity contribution is 0.358. The van der Waals surface area contributed by atoms with E-state index in [-0.39, 0.29) is 16.6 Å². The molecule has 166 valence electrons. The van der Waals surface area contributed by atoms with Gasteiger partial charge in [0.15, 0.2) is 0 Å². The van der Waals surface area contributed by atoms with Crippen molar-refractivity contribution in [2.45, 2.75) is 4.90 Å². The van der Waals surface area contributed by atoms with Gasteiger partial charge in [-0.3, -0.25) is 0 Å². The number of benzene rings is 2. The number of phenolic OH excluding ortho intramolecular Hbond substituents is 1. The number of anilines is 2. The third-order valence-electron chi connectivity index (χ3n) is 4.89. The smallest absolute Gasteiger partial charge is 0.246 e. The van der Waals surface area contributed by atoms with Crippen LogP contribution >= 0.6 is 0 Å². The zero-order valence-corrected chi connectivity index (χ0v) is 17.9. The number of hydrogen-bond acceptors (Lipinski definition) is 7. The van der Waals surface area contributed by atoms with Crippen LogP contribution in [0.4, 0.5) is 16.0 Å². The van der Waals surface area contributed by atoms with Crippen LogP contribution in [0.3, 0.4) is 0 Å². The Morgan fingerprint density at radius 3 is 2.44 bits per heavy atom. The van der Waals surface area contributed by atoms with Gasteiger partial charge in [0.1, 0.15) is 16.5 Å². The molecule has 3 N–H and O–H groups in total. The molecule has 3 aromatic rings. The van der Waals surface area contributed by atoms with Gasteiger partial charge in [-0.2, -0.15) is 4.31 Å². The molecule has 0 atom stereocenters. The third-order valence-corrected chi connectivity index (χ3v) is 6.82. The molecule has 2 aromatic carbocycles. The average molecular weight is 456 g/mol. The molecular weight excluding hydrogens is 433 g/mol. The van der Waals surface area contributed by atoms with E-state index in [0.717, 1.165) is 17.2 Å². The van der Waals surface area contributed by atoms with Crippen molar-refractivity contribution in [1.82, 2.24) is 19.6 Å². The van der Waals surface area contributed by atoms with Gasteiger partial charge in [0.25, 0.3) is 0 Å². The van der Waals surface area contributed by atoms with E-state index in [0.29, 0.717) is 31.9 Å². The second-order valence-corrected chi connectivity index (χ2v) is 9.10. The van der Waals surface area contributed by atoms with Crippen LogP contribution in [0.1, 0.15) is 11.1 Å². The first kappa shape index (κ1) is 21.9. The number of aromatic nitrogens is 2. The molecule has 8 nitrogen and oxygen atoms in total. The summed E-state index contributed by atoms with van der Waals surface area (Å²) in [6, 6.07) is 10.7. The molecule has 1 aliphatic heterocycles. The van der Waals surface area contributed by atoms with E-state index in [4.69, 9.17) is 0 Å². The maximum atomic E-state index is 14.6. The number of sulfonamides is 1. The molecule has 0 unspecified atom stereocenters. The molecule has 0 aliphatic carbocycles. The minimum Gasteiger partial charge on any atom is -0.508 e. The van der Waals surface area contributed by atoms with Gasteiger partial charge in [0, 0.05) is 49.8 Å². The minimum atomic E-state index is -3.88. The minimum absolute atomic E-state index is 0.182. The molecule has 10 heteroatoms. The van der Waals surface area contributed by atoms with Crippen LogP contribution in [-0.4, -0.2) is 54.0 Å². The van der Waals surface area contributed by atoms with Gasteiger partial charge in [0.05, 0.1) is 0 Å². The lowest BCUT2D eigenvalue weighted by Crippen LogP contribution is -2.46. The molecule has 1 fully saturated rings. The summed E-state index contributed by atoms with van der Waals surface area (Å²) >= 11 is 0. The number of halogens is 1. The quantitative estimate of drug-likeness (QED) is 0.525. The van der Waals surface area contributed by atoms with E-state index < -0.39 is 15.8 Å². The molecule has 0 radical (unpaired) electrons. The first-order valence-electron chi connectivity index (χ1n) is 9.98. The van der Waals surface area contributed by atoms with E-state index in [1.165, 1.54) is 16.4 Å². The number of nitrogens with one attached hydrogen (secondary N) is 2. The molecule has 32 heavy (non-hydrogen) atoms.